The average Bonchev–Trinajstić information content (AvgIpc) is 3.39. The highest BCUT2D eigenvalue weighted by Crippen LogP contribution is 2.53. The van der Waals surface area contributed by atoms with E-state index in [0.29, 0.717) is 0 Å². The van der Waals surface area contributed by atoms with Crippen molar-refractivity contribution in [3.63, 3.8) is 0 Å². The molecule has 10 rings (SSSR count). The summed E-state index contributed by atoms with van der Waals surface area (Å²) in [6.45, 7) is 4.76. The Morgan fingerprint density at radius 3 is 1.49 bits per heavy atom. The molecule has 9 aromatic rings. The fourth-order valence-corrected chi connectivity index (χ4v) is 8.78. The van der Waals surface area contributed by atoms with Crippen LogP contribution in [0.5, 0.6) is 0 Å². The van der Waals surface area contributed by atoms with Crippen LogP contribution in [0.1, 0.15) is 25.0 Å². The van der Waals surface area contributed by atoms with Gasteiger partial charge in [0.25, 0.3) is 0 Å². The van der Waals surface area contributed by atoms with Gasteiger partial charge in [-0.15, -0.1) is 0 Å². The van der Waals surface area contributed by atoms with E-state index in [9.17, 15) is 0 Å². The van der Waals surface area contributed by atoms with E-state index < -0.39 is 0 Å². The van der Waals surface area contributed by atoms with Crippen LogP contribution in [0.3, 0.4) is 0 Å². The molecule has 49 heavy (non-hydrogen) atoms. The van der Waals surface area contributed by atoms with Crippen molar-refractivity contribution >= 4 is 43.1 Å². The Kier molecular flexibility index (Phi) is 6.02. The summed E-state index contributed by atoms with van der Waals surface area (Å²) in [5, 5.41) is 10.3. The molecule has 0 N–H and O–H groups in total. The predicted octanol–water partition coefficient (Wildman–Crippen LogP) is 13.6. The zero-order valence-electron chi connectivity index (χ0n) is 27.7. The Bertz CT molecular complexity index is 2720. The Morgan fingerprint density at radius 1 is 0.306 bits per heavy atom. The number of fused-ring (bicyclic) bond motifs is 8. The van der Waals surface area contributed by atoms with Crippen molar-refractivity contribution < 1.29 is 0 Å². The molecule has 0 radical (unpaired) electrons. The summed E-state index contributed by atoms with van der Waals surface area (Å²) in [6, 6.07) is 63.0. The molecule has 0 atom stereocenters. The molecule has 0 amide bonds. The molecule has 1 aliphatic carbocycles. The molecular formula is C49H34. The second kappa shape index (κ2) is 10.5. The maximum atomic E-state index is 2.46. The van der Waals surface area contributed by atoms with Gasteiger partial charge in [-0.1, -0.05) is 178 Å². The quantitative estimate of drug-likeness (QED) is 0.172. The monoisotopic (exact) mass is 622 g/mol. The molecule has 0 saturated heterocycles. The van der Waals surface area contributed by atoms with Gasteiger partial charge in [-0.05, 0) is 105 Å². The summed E-state index contributed by atoms with van der Waals surface area (Å²) in [5.41, 5.74) is 13.1. The van der Waals surface area contributed by atoms with Gasteiger partial charge >= 0.3 is 0 Å². The molecule has 230 valence electrons. The van der Waals surface area contributed by atoms with Gasteiger partial charge in [-0.3, -0.25) is 0 Å². The molecule has 0 aromatic heterocycles. The smallest absolute Gasteiger partial charge is 0.0159 e. The van der Waals surface area contributed by atoms with E-state index in [0.717, 1.165) is 0 Å². The van der Waals surface area contributed by atoms with Crippen molar-refractivity contribution in [2.24, 2.45) is 0 Å². The largest absolute Gasteiger partial charge is 0.0622 e. The van der Waals surface area contributed by atoms with Crippen LogP contribution < -0.4 is 0 Å². The van der Waals surface area contributed by atoms with Gasteiger partial charge < -0.3 is 0 Å². The van der Waals surface area contributed by atoms with E-state index in [2.05, 4.69) is 184 Å². The summed E-state index contributed by atoms with van der Waals surface area (Å²) in [7, 11) is 0. The zero-order valence-corrected chi connectivity index (χ0v) is 27.7. The van der Waals surface area contributed by atoms with Crippen molar-refractivity contribution in [3.8, 4) is 44.5 Å². The van der Waals surface area contributed by atoms with Crippen molar-refractivity contribution in [3.05, 3.63) is 181 Å². The van der Waals surface area contributed by atoms with Gasteiger partial charge in [0.2, 0.25) is 0 Å². The Morgan fingerprint density at radius 2 is 0.816 bits per heavy atom. The molecule has 0 bridgehead atoms. The summed E-state index contributed by atoms with van der Waals surface area (Å²) in [5.74, 6) is 0. The molecule has 0 nitrogen and oxygen atoms in total. The van der Waals surface area contributed by atoms with Crippen molar-refractivity contribution in [2.45, 2.75) is 19.3 Å². The fourth-order valence-electron chi connectivity index (χ4n) is 8.78. The second-order valence-corrected chi connectivity index (χ2v) is 14.0. The molecule has 0 fully saturated rings. The van der Waals surface area contributed by atoms with Crippen LogP contribution in [0.4, 0.5) is 0 Å². The predicted molar refractivity (Wildman–Crippen MR) is 210 cm³/mol. The van der Waals surface area contributed by atoms with Crippen LogP contribution in [0.15, 0.2) is 170 Å². The number of rotatable bonds is 3. The lowest BCUT2D eigenvalue weighted by atomic mass is 9.80. The highest BCUT2D eigenvalue weighted by atomic mass is 14.4. The first-order valence-electron chi connectivity index (χ1n) is 17.3. The lowest BCUT2D eigenvalue weighted by Crippen LogP contribution is -2.15. The minimum Gasteiger partial charge on any atom is -0.0622 e. The van der Waals surface area contributed by atoms with Crippen LogP contribution in [0, 0.1) is 0 Å². The average molecular weight is 623 g/mol. The third-order valence-electron chi connectivity index (χ3n) is 11.1. The van der Waals surface area contributed by atoms with E-state index in [1.54, 1.807) is 0 Å². The first kappa shape index (κ1) is 28.1. The van der Waals surface area contributed by atoms with Crippen molar-refractivity contribution in [1.82, 2.24) is 0 Å². The molecule has 0 heterocycles. The zero-order chi connectivity index (χ0) is 32.7. The van der Waals surface area contributed by atoms with E-state index in [1.165, 1.54) is 98.7 Å². The molecule has 0 heteroatoms. The number of hydrogen-bond donors (Lipinski definition) is 0. The number of benzene rings is 9. The van der Waals surface area contributed by atoms with E-state index in [4.69, 9.17) is 0 Å². The van der Waals surface area contributed by atoms with Crippen LogP contribution in [-0.4, -0.2) is 0 Å². The van der Waals surface area contributed by atoms with Crippen molar-refractivity contribution in [1.29, 1.82) is 0 Å². The standard InChI is InChI=1S/C49H34/c1-49(2)44-29-25-31-14-6-7-17-35(31)48(44)43-26-24-33(30-45(43)49)34-27-28-42(37-19-9-8-18-36(34)37)47-40-22-12-10-20-38(40)46(32-15-4-3-5-16-32)39-21-11-13-23-41(39)47/h3-30H,1-2H3. The fraction of sp³-hybridized carbons (Fsp3) is 0.0612. The molecule has 0 spiro atoms. The highest BCUT2D eigenvalue weighted by molar-refractivity contribution is 6.24. The lowest BCUT2D eigenvalue weighted by Gasteiger charge is -2.22. The topological polar surface area (TPSA) is 0 Å². The van der Waals surface area contributed by atoms with Gasteiger partial charge in [-0.2, -0.15) is 0 Å². The third kappa shape index (κ3) is 4.04. The molecule has 0 saturated carbocycles. The molecule has 0 aliphatic heterocycles. The normalized spacial score (nSPS) is 13.3. The molecule has 0 unspecified atom stereocenters. The van der Waals surface area contributed by atoms with Gasteiger partial charge in [0.05, 0.1) is 0 Å². The molecular weight excluding hydrogens is 589 g/mol. The Balaban J connectivity index is 1.21. The van der Waals surface area contributed by atoms with Gasteiger partial charge in [0.15, 0.2) is 0 Å². The van der Waals surface area contributed by atoms with E-state index in [-0.39, 0.29) is 5.41 Å². The maximum Gasteiger partial charge on any atom is 0.0159 e. The van der Waals surface area contributed by atoms with E-state index >= 15 is 0 Å². The van der Waals surface area contributed by atoms with Gasteiger partial charge in [-0.25, -0.2) is 0 Å². The Hall–Kier alpha value is -5.98. The number of hydrogen-bond acceptors (Lipinski definition) is 0. The maximum absolute atomic E-state index is 2.46. The summed E-state index contributed by atoms with van der Waals surface area (Å²) < 4.78 is 0. The minimum absolute atomic E-state index is 0.0845. The van der Waals surface area contributed by atoms with E-state index in [1.807, 2.05) is 0 Å². The lowest BCUT2D eigenvalue weighted by molar-refractivity contribution is 0.661. The summed E-state index contributed by atoms with van der Waals surface area (Å²) in [4.78, 5) is 0. The molecule has 9 aromatic carbocycles. The van der Waals surface area contributed by atoms with Crippen LogP contribution in [-0.2, 0) is 5.41 Å². The Labute approximate surface area is 286 Å². The summed E-state index contributed by atoms with van der Waals surface area (Å²) in [6.07, 6.45) is 0. The van der Waals surface area contributed by atoms with Gasteiger partial charge in [0, 0.05) is 5.41 Å². The van der Waals surface area contributed by atoms with Crippen LogP contribution >= 0.6 is 0 Å². The van der Waals surface area contributed by atoms with Crippen LogP contribution in [0.25, 0.3) is 87.6 Å². The highest BCUT2D eigenvalue weighted by Gasteiger charge is 2.36. The van der Waals surface area contributed by atoms with Crippen LogP contribution in [0.2, 0.25) is 0 Å². The van der Waals surface area contributed by atoms with Crippen molar-refractivity contribution in [2.75, 3.05) is 0 Å². The molecule has 1 aliphatic rings. The van der Waals surface area contributed by atoms with Gasteiger partial charge in [0.1, 0.15) is 0 Å². The SMILES string of the molecule is CC1(C)c2cc(-c3ccc(-c4c5ccccc5c(-c5ccccc5)c5ccccc45)c4ccccc34)ccc2-c2c1ccc1ccccc21. The third-order valence-corrected chi connectivity index (χ3v) is 11.1. The minimum atomic E-state index is -0.0845. The summed E-state index contributed by atoms with van der Waals surface area (Å²) >= 11 is 0. The first-order chi connectivity index (χ1) is 24.1. The second-order valence-electron chi connectivity index (χ2n) is 14.0. The first-order valence-corrected chi connectivity index (χ1v) is 17.3.